The van der Waals surface area contributed by atoms with Crippen LogP contribution in [0.4, 0.5) is 4.39 Å². The van der Waals surface area contributed by atoms with Gasteiger partial charge in [0.1, 0.15) is 5.82 Å². The Morgan fingerprint density at radius 2 is 2.12 bits per heavy atom. The lowest BCUT2D eigenvalue weighted by molar-refractivity contribution is 0.173. The molecule has 16 heavy (non-hydrogen) atoms. The van der Waals surface area contributed by atoms with E-state index in [2.05, 4.69) is 21.2 Å². The van der Waals surface area contributed by atoms with Gasteiger partial charge in [-0.1, -0.05) is 15.9 Å². The first-order valence-electron chi connectivity index (χ1n) is 5.79. The van der Waals surface area contributed by atoms with E-state index < -0.39 is 0 Å². The van der Waals surface area contributed by atoms with Crippen LogP contribution in [-0.2, 0) is 6.42 Å². The first-order valence-corrected chi connectivity index (χ1v) is 6.58. The SMILES string of the molecule is CNCC1CCC1Cc1cc(F)ccc1Br. The van der Waals surface area contributed by atoms with Crippen LogP contribution in [0.15, 0.2) is 22.7 Å². The number of rotatable bonds is 4. The Balaban J connectivity index is 2.01. The maximum absolute atomic E-state index is 13.1. The standard InChI is InChI=1S/C13H17BrFN/c1-16-8-10-3-2-9(10)6-11-7-12(15)4-5-13(11)14/h4-5,7,9-10,16H,2-3,6,8H2,1H3. The van der Waals surface area contributed by atoms with Gasteiger partial charge < -0.3 is 5.32 Å². The Kier molecular flexibility index (Phi) is 3.98. The lowest BCUT2D eigenvalue weighted by Crippen LogP contribution is -2.35. The summed E-state index contributed by atoms with van der Waals surface area (Å²) in [5.41, 5.74) is 1.10. The third kappa shape index (κ3) is 2.64. The third-order valence-electron chi connectivity index (χ3n) is 3.53. The van der Waals surface area contributed by atoms with Crippen LogP contribution in [0.1, 0.15) is 18.4 Å². The van der Waals surface area contributed by atoms with E-state index in [1.807, 2.05) is 7.05 Å². The molecule has 0 radical (unpaired) electrons. The van der Waals surface area contributed by atoms with Crippen molar-refractivity contribution in [2.45, 2.75) is 19.3 Å². The third-order valence-corrected chi connectivity index (χ3v) is 4.30. The lowest BCUT2D eigenvalue weighted by atomic mass is 9.71. The van der Waals surface area contributed by atoms with Crippen molar-refractivity contribution < 1.29 is 4.39 Å². The zero-order valence-corrected chi connectivity index (χ0v) is 11.1. The van der Waals surface area contributed by atoms with Crippen LogP contribution in [0.25, 0.3) is 0 Å². The molecule has 1 aromatic carbocycles. The predicted molar refractivity (Wildman–Crippen MR) is 67.9 cm³/mol. The van der Waals surface area contributed by atoms with Gasteiger partial charge in [-0.2, -0.15) is 0 Å². The van der Waals surface area contributed by atoms with E-state index in [0.717, 1.165) is 28.9 Å². The van der Waals surface area contributed by atoms with Crippen LogP contribution in [0.5, 0.6) is 0 Å². The van der Waals surface area contributed by atoms with Gasteiger partial charge in [0, 0.05) is 4.47 Å². The largest absolute Gasteiger partial charge is 0.319 e. The van der Waals surface area contributed by atoms with Crippen molar-refractivity contribution >= 4 is 15.9 Å². The van der Waals surface area contributed by atoms with Crippen LogP contribution in [0.2, 0.25) is 0 Å². The molecule has 1 fully saturated rings. The van der Waals surface area contributed by atoms with Crippen molar-refractivity contribution in [1.29, 1.82) is 0 Å². The molecule has 88 valence electrons. The summed E-state index contributed by atoms with van der Waals surface area (Å²) in [5.74, 6) is 1.34. The van der Waals surface area contributed by atoms with Gasteiger partial charge >= 0.3 is 0 Å². The van der Waals surface area contributed by atoms with Crippen LogP contribution >= 0.6 is 15.9 Å². The van der Waals surface area contributed by atoms with Gasteiger partial charge in [-0.3, -0.25) is 0 Å². The molecule has 2 atom stereocenters. The zero-order valence-electron chi connectivity index (χ0n) is 9.47. The second-order valence-electron chi connectivity index (χ2n) is 4.60. The summed E-state index contributed by atoms with van der Waals surface area (Å²) in [6.07, 6.45) is 3.57. The molecular formula is C13H17BrFN. The first kappa shape index (κ1) is 12.1. The molecule has 0 spiro atoms. The van der Waals surface area contributed by atoms with Crippen molar-refractivity contribution in [3.8, 4) is 0 Å². The Morgan fingerprint density at radius 3 is 2.75 bits per heavy atom. The molecule has 0 bridgehead atoms. The zero-order chi connectivity index (χ0) is 11.5. The van der Waals surface area contributed by atoms with Gasteiger partial charge in [0.15, 0.2) is 0 Å². The highest BCUT2D eigenvalue weighted by atomic mass is 79.9. The molecule has 0 amide bonds. The van der Waals surface area contributed by atoms with E-state index >= 15 is 0 Å². The summed E-state index contributed by atoms with van der Waals surface area (Å²) in [6, 6.07) is 4.95. The van der Waals surface area contributed by atoms with Gasteiger partial charge in [-0.25, -0.2) is 4.39 Å². The Bertz CT molecular complexity index is 367. The predicted octanol–water partition coefficient (Wildman–Crippen LogP) is 3.38. The highest BCUT2D eigenvalue weighted by molar-refractivity contribution is 9.10. The molecule has 2 rings (SSSR count). The van der Waals surface area contributed by atoms with E-state index in [1.54, 1.807) is 12.1 Å². The lowest BCUT2D eigenvalue weighted by Gasteiger charge is -2.37. The molecular weight excluding hydrogens is 269 g/mol. The molecule has 1 N–H and O–H groups in total. The van der Waals surface area contributed by atoms with E-state index in [0.29, 0.717) is 5.92 Å². The normalized spacial score (nSPS) is 24.2. The fourth-order valence-electron chi connectivity index (χ4n) is 2.42. The Morgan fingerprint density at radius 1 is 1.38 bits per heavy atom. The van der Waals surface area contributed by atoms with Crippen LogP contribution < -0.4 is 5.32 Å². The van der Waals surface area contributed by atoms with E-state index in [4.69, 9.17) is 0 Å². The number of benzene rings is 1. The summed E-state index contributed by atoms with van der Waals surface area (Å²) < 4.78 is 14.2. The van der Waals surface area contributed by atoms with Crippen molar-refractivity contribution in [3.05, 3.63) is 34.1 Å². The molecule has 0 aliphatic heterocycles. The molecule has 0 heterocycles. The summed E-state index contributed by atoms with van der Waals surface area (Å²) in [4.78, 5) is 0. The summed E-state index contributed by atoms with van der Waals surface area (Å²) in [6.45, 7) is 1.08. The number of hydrogen-bond acceptors (Lipinski definition) is 1. The summed E-state index contributed by atoms with van der Waals surface area (Å²) >= 11 is 3.49. The van der Waals surface area contributed by atoms with Crippen molar-refractivity contribution in [2.75, 3.05) is 13.6 Å². The second-order valence-corrected chi connectivity index (χ2v) is 5.45. The van der Waals surface area contributed by atoms with E-state index in [-0.39, 0.29) is 5.82 Å². The fourth-order valence-corrected chi connectivity index (χ4v) is 2.83. The molecule has 2 unspecified atom stereocenters. The minimum Gasteiger partial charge on any atom is -0.319 e. The molecule has 3 heteroatoms. The van der Waals surface area contributed by atoms with Gasteiger partial charge in [-0.15, -0.1) is 0 Å². The van der Waals surface area contributed by atoms with Gasteiger partial charge in [0.05, 0.1) is 0 Å². The second kappa shape index (κ2) is 5.28. The number of hydrogen-bond donors (Lipinski definition) is 1. The number of halogens is 2. The van der Waals surface area contributed by atoms with Crippen LogP contribution in [-0.4, -0.2) is 13.6 Å². The highest BCUT2D eigenvalue weighted by Crippen LogP contribution is 2.37. The molecule has 1 nitrogen and oxygen atoms in total. The minimum atomic E-state index is -0.136. The molecule has 0 aromatic heterocycles. The maximum Gasteiger partial charge on any atom is 0.123 e. The molecule has 1 aliphatic carbocycles. The van der Waals surface area contributed by atoms with E-state index in [9.17, 15) is 4.39 Å². The van der Waals surface area contributed by atoms with Gasteiger partial charge in [0.25, 0.3) is 0 Å². The maximum atomic E-state index is 13.1. The average molecular weight is 286 g/mol. The molecule has 1 aliphatic rings. The summed E-state index contributed by atoms with van der Waals surface area (Å²) in [7, 11) is 1.99. The minimum absolute atomic E-state index is 0.136. The Labute approximate surface area is 105 Å². The molecule has 1 saturated carbocycles. The monoisotopic (exact) mass is 285 g/mol. The van der Waals surface area contributed by atoms with Crippen LogP contribution in [0.3, 0.4) is 0 Å². The molecule has 1 aromatic rings. The number of nitrogens with one attached hydrogen (secondary N) is 1. The van der Waals surface area contributed by atoms with Crippen molar-refractivity contribution in [1.82, 2.24) is 5.32 Å². The topological polar surface area (TPSA) is 12.0 Å². The highest BCUT2D eigenvalue weighted by Gasteiger charge is 2.30. The van der Waals surface area contributed by atoms with Gasteiger partial charge in [-0.05, 0) is 68.5 Å². The van der Waals surface area contributed by atoms with Crippen molar-refractivity contribution in [3.63, 3.8) is 0 Å². The summed E-state index contributed by atoms with van der Waals surface area (Å²) in [5, 5.41) is 3.23. The Hall–Kier alpha value is -0.410. The van der Waals surface area contributed by atoms with E-state index in [1.165, 1.54) is 18.9 Å². The average Bonchev–Trinajstić information content (AvgIpc) is 2.25. The smallest absolute Gasteiger partial charge is 0.123 e. The van der Waals surface area contributed by atoms with Crippen LogP contribution in [0, 0.1) is 17.7 Å². The first-order chi connectivity index (χ1) is 7.70. The quantitative estimate of drug-likeness (QED) is 0.894. The molecule has 0 saturated heterocycles. The fraction of sp³-hybridized carbons (Fsp3) is 0.538. The van der Waals surface area contributed by atoms with Crippen molar-refractivity contribution in [2.24, 2.45) is 11.8 Å². The van der Waals surface area contributed by atoms with Gasteiger partial charge in [0.2, 0.25) is 0 Å².